The zero-order valence-corrected chi connectivity index (χ0v) is 18.5. The third-order valence-corrected chi connectivity index (χ3v) is 9.28. The number of hydrogen-bond donors (Lipinski definition) is 0. The van der Waals surface area contributed by atoms with Crippen molar-refractivity contribution < 1.29 is 13.9 Å². The third kappa shape index (κ3) is 3.04. The van der Waals surface area contributed by atoms with Crippen molar-refractivity contribution in [2.75, 3.05) is 13.3 Å². The molecule has 0 saturated heterocycles. The van der Waals surface area contributed by atoms with E-state index in [4.69, 9.17) is 4.52 Å². The van der Waals surface area contributed by atoms with Crippen LogP contribution in [0.2, 0.25) is 0 Å². The van der Waals surface area contributed by atoms with Gasteiger partial charge in [-0.25, -0.2) is 0 Å². The summed E-state index contributed by atoms with van der Waals surface area (Å²) < 4.78 is 18.5. The smallest absolute Gasteiger partial charge is 0.197 e. The van der Waals surface area contributed by atoms with E-state index in [1.54, 1.807) is 13.3 Å². The molecule has 0 spiro atoms. The Morgan fingerprint density at radius 3 is 2.52 bits per heavy atom. The second-order valence-electron chi connectivity index (χ2n) is 10.3. The summed E-state index contributed by atoms with van der Waals surface area (Å²) in [5.41, 5.74) is 3.20. The first-order chi connectivity index (χ1) is 12.6. The first kappa shape index (κ1) is 19.6. The van der Waals surface area contributed by atoms with E-state index in [1.165, 1.54) is 30.4 Å². The molecule has 4 aliphatic carbocycles. The Bertz CT molecular complexity index is 760. The Labute approximate surface area is 164 Å². The molecule has 0 amide bonds. The maximum absolute atomic E-state index is 12.4. The minimum absolute atomic E-state index is 0.0160. The summed E-state index contributed by atoms with van der Waals surface area (Å²) in [4.78, 5) is 12.0. The van der Waals surface area contributed by atoms with Gasteiger partial charge in [0.15, 0.2) is 13.2 Å². The van der Waals surface area contributed by atoms with Crippen LogP contribution in [0.4, 0.5) is 0 Å². The number of carbonyl (C=O) groups is 1. The Morgan fingerprint density at radius 2 is 1.85 bits per heavy atom. The van der Waals surface area contributed by atoms with Gasteiger partial charge in [0.25, 0.3) is 0 Å². The highest BCUT2D eigenvalue weighted by Gasteiger charge is 2.60. The van der Waals surface area contributed by atoms with E-state index in [9.17, 15) is 9.36 Å². The molecule has 27 heavy (non-hydrogen) atoms. The average molecular weight is 391 g/mol. The minimum atomic E-state index is -2.52. The molecule has 4 heteroatoms. The van der Waals surface area contributed by atoms with Crippen LogP contribution < -0.4 is 0 Å². The fourth-order valence-electron chi connectivity index (χ4n) is 7.32. The molecule has 3 nitrogen and oxygen atoms in total. The van der Waals surface area contributed by atoms with Crippen LogP contribution in [-0.4, -0.2) is 25.2 Å². The van der Waals surface area contributed by atoms with Crippen molar-refractivity contribution in [3.8, 4) is 0 Å². The maximum Gasteiger partial charge on any atom is 0.197 e. The number of carbonyl (C=O) groups excluding carboxylic acids is 1. The van der Waals surface area contributed by atoms with Crippen molar-refractivity contribution in [1.29, 1.82) is 0 Å². The lowest BCUT2D eigenvalue weighted by molar-refractivity contribution is -0.117. The van der Waals surface area contributed by atoms with E-state index in [2.05, 4.69) is 26.8 Å². The highest BCUT2D eigenvalue weighted by Crippen LogP contribution is 2.67. The number of ketones is 1. The number of allylic oxidation sites excluding steroid dienone is 2. The van der Waals surface area contributed by atoms with E-state index < -0.39 is 7.37 Å². The number of hydrogen-bond acceptors (Lipinski definition) is 3. The summed E-state index contributed by atoms with van der Waals surface area (Å²) in [7, 11) is -2.52. The van der Waals surface area contributed by atoms with E-state index in [0.717, 1.165) is 19.3 Å². The van der Waals surface area contributed by atoms with Crippen LogP contribution in [0.1, 0.15) is 65.7 Å². The molecular formula is C23H35O3P. The third-order valence-electron chi connectivity index (χ3n) is 8.52. The molecule has 3 saturated carbocycles. The molecule has 0 aromatic heterocycles. The largest absolute Gasteiger partial charge is 0.321 e. The first-order valence-electron chi connectivity index (χ1n) is 10.7. The normalized spacial score (nSPS) is 45.9. The summed E-state index contributed by atoms with van der Waals surface area (Å²) in [5, 5.41) is 0. The molecule has 4 aliphatic rings. The summed E-state index contributed by atoms with van der Waals surface area (Å²) in [5.74, 6) is 2.30. The zero-order valence-electron chi connectivity index (χ0n) is 17.6. The molecule has 6 unspecified atom stereocenters. The molecular weight excluding hydrogens is 355 g/mol. The van der Waals surface area contributed by atoms with Gasteiger partial charge in [0.1, 0.15) is 0 Å². The monoisotopic (exact) mass is 390 g/mol. The van der Waals surface area contributed by atoms with Crippen molar-refractivity contribution in [2.24, 2.45) is 28.6 Å². The predicted molar refractivity (Wildman–Crippen MR) is 110 cm³/mol. The van der Waals surface area contributed by atoms with Crippen molar-refractivity contribution >= 4 is 13.2 Å². The summed E-state index contributed by atoms with van der Waals surface area (Å²) in [6, 6.07) is 0. The van der Waals surface area contributed by atoms with Gasteiger partial charge in [-0.15, -0.1) is 0 Å². The van der Waals surface area contributed by atoms with Crippen LogP contribution in [-0.2, 0) is 13.9 Å². The molecule has 0 heterocycles. The highest BCUT2D eigenvalue weighted by molar-refractivity contribution is 7.57. The summed E-state index contributed by atoms with van der Waals surface area (Å²) >= 11 is 0. The second kappa shape index (κ2) is 6.42. The lowest BCUT2D eigenvalue weighted by atomic mass is 9.47. The fourth-order valence-corrected chi connectivity index (χ4v) is 8.13. The average Bonchev–Trinajstić information content (AvgIpc) is 2.84. The second-order valence-corrected chi connectivity index (χ2v) is 13.0. The Kier molecular flexibility index (Phi) is 4.67. The summed E-state index contributed by atoms with van der Waals surface area (Å²) in [6.45, 7) is 10.5. The van der Waals surface area contributed by atoms with E-state index in [1.807, 2.05) is 6.08 Å². The number of fused-ring (bicyclic) bond motifs is 5. The first-order valence-corrected chi connectivity index (χ1v) is 13.2. The Morgan fingerprint density at radius 1 is 1.11 bits per heavy atom. The van der Waals surface area contributed by atoms with Crippen molar-refractivity contribution in [1.82, 2.24) is 0 Å². The molecule has 0 bridgehead atoms. The highest BCUT2D eigenvalue weighted by atomic mass is 31.2. The van der Waals surface area contributed by atoms with E-state index in [-0.39, 0.29) is 16.9 Å². The lowest BCUT2D eigenvalue weighted by Crippen LogP contribution is -2.49. The molecule has 3 fully saturated rings. The van der Waals surface area contributed by atoms with Crippen LogP contribution in [0.15, 0.2) is 23.3 Å². The maximum atomic E-state index is 12.4. The van der Waals surface area contributed by atoms with Gasteiger partial charge in [0, 0.05) is 19.8 Å². The van der Waals surface area contributed by atoms with Crippen LogP contribution in [0.5, 0.6) is 0 Å². The minimum Gasteiger partial charge on any atom is -0.321 e. The van der Waals surface area contributed by atoms with Gasteiger partial charge in [0.2, 0.25) is 0 Å². The fraction of sp³-hybridized carbons (Fsp3) is 0.783. The van der Waals surface area contributed by atoms with Crippen LogP contribution in [0.25, 0.3) is 0 Å². The Hall–Kier alpha value is -0.660. The van der Waals surface area contributed by atoms with Gasteiger partial charge in [0.05, 0.1) is 6.10 Å². The topological polar surface area (TPSA) is 43.4 Å². The zero-order chi connectivity index (χ0) is 19.6. The summed E-state index contributed by atoms with van der Waals surface area (Å²) in [6.07, 6.45) is 11.7. The van der Waals surface area contributed by atoms with E-state index >= 15 is 0 Å². The van der Waals surface area contributed by atoms with Crippen molar-refractivity contribution in [2.45, 2.75) is 71.8 Å². The molecule has 0 N–H and O–H groups in total. The standard InChI is InChI=1S/C23H35O3P/c1-6-18-21(26-27(4,5)25)14-20-17-8-7-15-13-16(24)9-11-22(15,2)19(17)10-12-23(18,20)3/h6,13,17,19-21H,7-12,14H2,1-5H3/b18-6+. The van der Waals surface area contributed by atoms with Gasteiger partial charge in [-0.1, -0.05) is 25.5 Å². The molecule has 0 radical (unpaired) electrons. The predicted octanol–water partition coefficient (Wildman–Crippen LogP) is 6.00. The van der Waals surface area contributed by atoms with Gasteiger partial charge < -0.3 is 4.52 Å². The molecule has 6 atom stereocenters. The lowest BCUT2D eigenvalue weighted by Gasteiger charge is -2.57. The van der Waals surface area contributed by atoms with Crippen LogP contribution in [0.3, 0.4) is 0 Å². The quantitative estimate of drug-likeness (QED) is 0.429. The molecule has 4 rings (SSSR count). The van der Waals surface area contributed by atoms with Gasteiger partial charge >= 0.3 is 0 Å². The molecule has 0 aromatic rings. The van der Waals surface area contributed by atoms with Crippen molar-refractivity contribution in [3.63, 3.8) is 0 Å². The molecule has 0 aromatic carbocycles. The van der Waals surface area contributed by atoms with Gasteiger partial charge in [-0.2, -0.15) is 0 Å². The van der Waals surface area contributed by atoms with Crippen LogP contribution in [0, 0.1) is 28.6 Å². The molecule has 0 aliphatic heterocycles. The SMILES string of the molecule is C/C=C1\C(OP(C)(C)=O)CC2C3CCC4=CC(=O)CCC4(C)C3CCC12C. The van der Waals surface area contributed by atoms with Crippen LogP contribution >= 0.6 is 7.37 Å². The molecule has 150 valence electrons. The van der Waals surface area contributed by atoms with Crippen molar-refractivity contribution in [3.05, 3.63) is 23.3 Å². The Balaban J connectivity index is 1.67. The number of rotatable bonds is 2. The van der Waals surface area contributed by atoms with Gasteiger partial charge in [-0.05, 0) is 85.7 Å². The van der Waals surface area contributed by atoms with Gasteiger partial charge in [-0.3, -0.25) is 9.36 Å². The van der Waals surface area contributed by atoms with E-state index in [0.29, 0.717) is 30.0 Å².